The van der Waals surface area contributed by atoms with Crippen LogP contribution in [0.25, 0.3) is 0 Å². The summed E-state index contributed by atoms with van der Waals surface area (Å²) in [6, 6.07) is 0. The van der Waals surface area contributed by atoms with E-state index in [2.05, 4.69) is 5.32 Å². The minimum absolute atomic E-state index is 0.313. The van der Waals surface area contributed by atoms with Crippen LogP contribution >= 0.6 is 0 Å². The molecule has 0 aromatic carbocycles. The van der Waals surface area contributed by atoms with Gasteiger partial charge in [-0.25, -0.2) is 12.7 Å². The lowest BCUT2D eigenvalue weighted by Crippen LogP contribution is -2.43. The zero-order valence-electron chi connectivity index (χ0n) is 11.1. The Bertz CT molecular complexity index is 334. The molecule has 0 saturated carbocycles. The molecule has 0 spiro atoms. The summed E-state index contributed by atoms with van der Waals surface area (Å²) in [6.07, 6.45) is 2.68. The van der Waals surface area contributed by atoms with Gasteiger partial charge in [-0.1, -0.05) is 0 Å². The predicted octanol–water partition coefficient (Wildman–Crippen LogP) is -0.745. The fourth-order valence-electron chi connectivity index (χ4n) is 2.20. The van der Waals surface area contributed by atoms with Gasteiger partial charge >= 0.3 is 0 Å². The molecule has 6 nitrogen and oxygen atoms in total. The normalized spacial score (nSPS) is 24.1. The Hall–Kier alpha value is -0.210. The molecule has 0 aromatic heterocycles. The Morgan fingerprint density at radius 1 is 1.56 bits per heavy atom. The maximum atomic E-state index is 11.4. The van der Waals surface area contributed by atoms with Gasteiger partial charge in [-0.15, -0.1) is 0 Å². The van der Waals surface area contributed by atoms with E-state index in [1.54, 1.807) is 7.11 Å². The van der Waals surface area contributed by atoms with Crippen LogP contribution in [0.4, 0.5) is 0 Å². The topological polar surface area (TPSA) is 78.9 Å². The number of ether oxygens (including phenoxy) is 1. The molecule has 108 valence electrons. The summed E-state index contributed by atoms with van der Waals surface area (Å²) in [4.78, 5) is 0. The second-order valence-corrected chi connectivity index (χ2v) is 6.88. The fourth-order valence-corrected chi connectivity index (χ4v) is 3.14. The maximum Gasteiger partial charge on any atom is 0.211 e. The number of methoxy groups -OCH3 is 1. The molecule has 2 N–H and O–H groups in total. The van der Waals surface area contributed by atoms with Crippen molar-refractivity contribution in [3.63, 3.8) is 0 Å². The van der Waals surface area contributed by atoms with Gasteiger partial charge in [0.15, 0.2) is 0 Å². The Balaban J connectivity index is 2.26. The van der Waals surface area contributed by atoms with Crippen LogP contribution in [0.1, 0.15) is 12.8 Å². The summed E-state index contributed by atoms with van der Waals surface area (Å²) >= 11 is 0. The third-order valence-electron chi connectivity index (χ3n) is 3.12. The molecule has 7 heteroatoms. The smallest absolute Gasteiger partial charge is 0.211 e. The molecule has 1 fully saturated rings. The molecule has 1 heterocycles. The highest BCUT2D eigenvalue weighted by Crippen LogP contribution is 2.17. The molecule has 2 unspecified atom stereocenters. The highest BCUT2D eigenvalue weighted by molar-refractivity contribution is 7.88. The molecular formula is C11H24N2O4S. The number of hydrogen-bond acceptors (Lipinski definition) is 5. The zero-order valence-corrected chi connectivity index (χ0v) is 11.9. The van der Waals surface area contributed by atoms with Gasteiger partial charge in [0, 0.05) is 26.7 Å². The molecule has 1 rings (SSSR count). The minimum Gasteiger partial charge on any atom is -0.389 e. The van der Waals surface area contributed by atoms with E-state index < -0.39 is 16.1 Å². The van der Waals surface area contributed by atoms with Gasteiger partial charge in [-0.05, 0) is 25.3 Å². The lowest BCUT2D eigenvalue weighted by atomic mass is 10.00. The van der Waals surface area contributed by atoms with E-state index in [9.17, 15) is 13.5 Å². The van der Waals surface area contributed by atoms with Crippen molar-refractivity contribution in [2.24, 2.45) is 5.92 Å². The number of sulfonamides is 1. The molecule has 1 aliphatic rings. The summed E-state index contributed by atoms with van der Waals surface area (Å²) in [7, 11) is -1.52. The van der Waals surface area contributed by atoms with E-state index in [-0.39, 0.29) is 0 Å². The lowest BCUT2D eigenvalue weighted by molar-refractivity contribution is 0.0635. The third kappa shape index (κ3) is 5.62. The van der Waals surface area contributed by atoms with Crippen molar-refractivity contribution in [2.75, 3.05) is 46.2 Å². The predicted molar refractivity (Wildman–Crippen MR) is 69.9 cm³/mol. The van der Waals surface area contributed by atoms with Crippen LogP contribution in [0.3, 0.4) is 0 Å². The van der Waals surface area contributed by atoms with Crippen LogP contribution in [0, 0.1) is 5.92 Å². The van der Waals surface area contributed by atoms with Gasteiger partial charge in [0.25, 0.3) is 0 Å². The number of aliphatic hydroxyl groups excluding tert-OH is 1. The van der Waals surface area contributed by atoms with Crippen molar-refractivity contribution in [1.82, 2.24) is 9.62 Å². The number of nitrogens with one attached hydrogen (secondary N) is 1. The first-order chi connectivity index (χ1) is 8.43. The average Bonchev–Trinajstić information content (AvgIpc) is 2.29. The number of rotatable bonds is 7. The SMILES string of the molecule is COCC(O)CNCC1CCCN(S(C)(=O)=O)C1. The van der Waals surface area contributed by atoms with Crippen molar-refractivity contribution >= 4 is 10.0 Å². The van der Waals surface area contributed by atoms with Crippen molar-refractivity contribution < 1.29 is 18.3 Å². The van der Waals surface area contributed by atoms with Crippen LogP contribution in [-0.4, -0.2) is 70.1 Å². The molecule has 0 amide bonds. The van der Waals surface area contributed by atoms with Gasteiger partial charge in [0.1, 0.15) is 0 Å². The molecule has 1 aliphatic heterocycles. The molecule has 0 bridgehead atoms. The largest absolute Gasteiger partial charge is 0.389 e. The van der Waals surface area contributed by atoms with Crippen molar-refractivity contribution in [3.05, 3.63) is 0 Å². The monoisotopic (exact) mass is 280 g/mol. The summed E-state index contributed by atoms with van der Waals surface area (Å²) < 4.78 is 29.3. The first-order valence-corrected chi connectivity index (χ1v) is 8.11. The maximum absolute atomic E-state index is 11.4. The van der Waals surface area contributed by atoms with E-state index in [0.717, 1.165) is 19.4 Å². The number of hydrogen-bond donors (Lipinski definition) is 2. The highest BCUT2D eigenvalue weighted by atomic mass is 32.2. The quantitative estimate of drug-likeness (QED) is 0.642. The first-order valence-electron chi connectivity index (χ1n) is 6.26. The summed E-state index contributed by atoms with van der Waals surface area (Å²) in [5, 5.41) is 12.6. The van der Waals surface area contributed by atoms with Crippen LogP contribution in [-0.2, 0) is 14.8 Å². The van der Waals surface area contributed by atoms with Crippen molar-refractivity contribution in [3.8, 4) is 0 Å². The second-order valence-electron chi connectivity index (χ2n) is 4.90. The van der Waals surface area contributed by atoms with E-state index in [1.165, 1.54) is 10.6 Å². The summed E-state index contributed by atoms with van der Waals surface area (Å²) in [5.74, 6) is 0.322. The Labute approximate surface area is 109 Å². The number of aliphatic hydroxyl groups is 1. The molecule has 1 saturated heterocycles. The summed E-state index contributed by atoms with van der Waals surface area (Å²) in [6.45, 7) is 2.72. The van der Waals surface area contributed by atoms with E-state index >= 15 is 0 Å². The first kappa shape index (κ1) is 15.8. The van der Waals surface area contributed by atoms with Crippen LogP contribution in [0.5, 0.6) is 0 Å². The van der Waals surface area contributed by atoms with E-state index in [0.29, 0.717) is 32.2 Å². The Morgan fingerprint density at radius 2 is 2.28 bits per heavy atom. The number of nitrogens with zero attached hydrogens (tertiary/aromatic N) is 1. The van der Waals surface area contributed by atoms with Gasteiger partial charge in [0.05, 0.1) is 19.0 Å². The van der Waals surface area contributed by atoms with Crippen LogP contribution in [0.2, 0.25) is 0 Å². The summed E-state index contributed by atoms with van der Waals surface area (Å²) in [5.41, 5.74) is 0. The fraction of sp³-hybridized carbons (Fsp3) is 1.00. The van der Waals surface area contributed by atoms with Gasteiger partial charge in [-0.3, -0.25) is 0 Å². The second kappa shape index (κ2) is 7.40. The zero-order chi connectivity index (χ0) is 13.6. The average molecular weight is 280 g/mol. The lowest BCUT2D eigenvalue weighted by Gasteiger charge is -2.31. The highest BCUT2D eigenvalue weighted by Gasteiger charge is 2.25. The van der Waals surface area contributed by atoms with Crippen molar-refractivity contribution in [2.45, 2.75) is 18.9 Å². The van der Waals surface area contributed by atoms with Gasteiger partial charge in [-0.2, -0.15) is 0 Å². The molecule has 0 aliphatic carbocycles. The van der Waals surface area contributed by atoms with E-state index in [1.807, 2.05) is 0 Å². The third-order valence-corrected chi connectivity index (χ3v) is 4.39. The Morgan fingerprint density at radius 3 is 2.89 bits per heavy atom. The molecular weight excluding hydrogens is 256 g/mol. The minimum atomic E-state index is -3.07. The molecule has 2 atom stereocenters. The standard InChI is InChI=1S/C11H24N2O4S/c1-17-9-11(14)7-12-6-10-4-3-5-13(8-10)18(2,15)16/h10-12,14H,3-9H2,1-2H3. The van der Waals surface area contributed by atoms with Gasteiger partial charge < -0.3 is 15.2 Å². The van der Waals surface area contributed by atoms with E-state index in [4.69, 9.17) is 4.74 Å². The van der Waals surface area contributed by atoms with Crippen molar-refractivity contribution in [1.29, 1.82) is 0 Å². The van der Waals surface area contributed by atoms with Crippen LogP contribution < -0.4 is 5.32 Å². The van der Waals surface area contributed by atoms with Gasteiger partial charge in [0.2, 0.25) is 10.0 Å². The number of piperidine rings is 1. The molecule has 0 aromatic rings. The Kier molecular flexibility index (Phi) is 6.51. The molecule has 0 radical (unpaired) electrons. The van der Waals surface area contributed by atoms with Crippen LogP contribution in [0.15, 0.2) is 0 Å². The molecule has 18 heavy (non-hydrogen) atoms.